The van der Waals surface area contributed by atoms with Crippen molar-refractivity contribution in [2.45, 2.75) is 19.2 Å². The third-order valence-electron chi connectivity index (χ3n) is 2.31. The second-order valence-electron chi connectivity index (χ2n) is 3.32. The molecule has 0 N–H and O–H groups in total. The maximum atomic E-state index is 13.6. The van der Waals surface area contributed by atoms with Gasteiger partial charge in [-0.3, -0.25) is 4.79 Å². The molecule has 0 atom stereocenters. The number of carbonyl (C=O) groups excluding carboxylic acids is 1. The monoisotopic (exact) mass is 260 g/mol. The number of esters is 1. The van der Waals surface area contributed by atoms with Crippen molar-refractivity contribution in [3.8, 4) is 5.75 Å². The van der Waals surface area contributed by atoms with E-state index in [0.717, 1.165) is 0 Å². The minimum absolute atomic E-state index is 0.0790. The number of carbonyl (C=O) groups is 1. The summed E-state index contributed by atoms with van der Waals surface area (Å²) < 4.78 is 23.5. The molecule has 1 aromatic rings. The molecule has 1 rings (SSSR count). The Labute approximate surface area is 104 Å². The van der Waals surface area contributed by atoms with Gasteiger partial charge in [0, 0.05) is 11.1 Å². The Morgan fingerprint density at radius 3 is 2.65 bits per heavy atom. The molecular weight excluding hydrogens is 247 g/mol. The summed E-state index contributed by atoms with van der Waals surface area (Å²) >= 11 is 5.75. The number of ether oxygens (including phenoxy) is 2. The Balaban J connectivity index is 3.07. The van der Waals surface area contributed by atoms with Gasteiger partial charge in [-0.1, -0.05) is 0 Å². The Hall–Kier alpha value is -1.29. The maximum absolute atomic E-state index is 13.6. The molecule has 0 saturated heterocycles. The van der Waals surface area contributed by atoms with Gasteiger partial charge in [-0.25, -0.2) is 4.39 Å². The fourth-order valence-electron chi connectivity index (χ4n) is 1.53. The second-order valence-corrected chi connectivity index (χ2v) is 3.59. The summed E-state index contributed by atoms with van der Waals surface area (Å²) in [6.07, 6.45) is -0.140. The third kappa shape index (κ3) is 3.33. The van der Waals surface area contributed by atoms with Crippen LogP contribution in [0, 0.1) is 5.82 Å². The molecule has 5 heteroatoms. The third-order valence-corrected chi connectivity index (χ3v) is 2.58. The highest BCUT2D eigenvalue weighted by molar-refractivity contribution is 6.17. The molecular formula is C12H14ClFO3. The quantitative estimate of drug-likeness (QED) is 0.603. The zero-order valence-corrected chi connectivity index (χ0v) is 10.5. The zero-order valence-electron chi connectivity index (χ0n) is 9.76. The molecule has 0 aliphatic heterocycles. The van der Waals surface area contributed by atoms with Crippen LogP contribution in [0.1, 0.15) is 18.1 Å². The number of rotatable bonds is 5. The zero-order chi connectivity index (χ0) is 12.8. The molecule has 0 saturated carbocycles. The largest absolute Gasteiger partial charge is 0.496 e. The van der Waals surface area contributed by atoms with Gasteiger partial charge in [0.15, 0.2) is 0 Å². The Bertz CT molecular complexity index is 407. The highest BCUT2D eigenvalue weighted by Crippen LogP contribution is 2.27. The molecule has 0 aliphatic carbocycles. The van der Waals surface area contributed by atoms with Crippen LogP contribution >= 0.6 is 11.6 Å². The van der Waals surface area contributed by atoms with Gasteiger partial charge in [-0.05, 0) is 19.1 Å². The number of methoxy groups -OCH3 is 1. The topological polar surface area (TPSA) is 35.5 Å². The summed E-state index contributed by atoms with van der Waals surface area (Å²) in [7, 11) is 1.47. The van der Waals surface area contributed by atoms with E-state index in [1.807, 2.05) is 0 Å². The normalized spacial score (nSPS) is 10.1. The molecule has 94 valence electrons. The number of benzene rings is 1. The molecule has 0 bridgehead atoms. The van der Waals surface area contributed by atoms with Crippen molar-refractivity contribution in [1.82, 2.24) is 0 Å². The molecule has 3 nitrogen and oxygen atoms in total. The lowest BCUT2D eigenvalue weighted by Crippen LogP contribution is -2.11. The predicted octanol–water partition coefficient (Wildman–Crippen LogP) is 2.68. The molecule has 0 aliphatic rings. The predicted molar refractivity (Wildman–Crippen MR) is 62.8 cm³/mol. The minimum Gasteiger partial charge on any atom is -0.496 e. The van der Waals surface area contributed by atoms with E-state index in [2.05, 4.69) is 0 Å². The maximum Gasteiger partial charge on any atom is 0.310 e. The lowest BCUT2D eigenvalue weighted by molar-refractivity contribution is -0.142. The summed E-state index contributed by atoms with van der Waals surface area (Å²) in [5, 5.41) is 0. The van der Waals surface area contributed by atoms with Gasteiger partial charge < -0.3 is 9.47 Å². The number of alkyl halides is 1. The molecule has 0 heterocycles. The van der Waals surface area contributed by atoms with Gasteiger partial charge in [-0.15, -0.1) is 11.6 Å². The van der Waals surface area contributed by atoms with Crippen molar-refractivity contribution in [2.24, 2.45) is 0 Å². The summed E-state index contributed by atoms with van der Waals surface area (Å²) in [4.78, 5) is 11.4. The first-order valence-corrected chi connectivity index (χ1v) is 5.73. The molecule has 0 unspecified atom stereocenters. The van der Waals surface area contributed by atoms with Crippen LogP contribution in [-0.2, 0) is 21.8 Å². The van der Waals surface area contributed by atoms with Crippen molar-refractivity contribution in [3.05, 3.63) is 29.1 Å². The van der Waals surface area contributed by atoms with Crippen LogP contribution in [0.5, 0.6) is 5.75 Å². The van der Waals surface area contributed by atoms with Gasteiger partial charge in [0.2, 0.25) is 0 Å². The van der Waals surface area contributed by atoms with E-state index >= 15 is 0 Å². The minimum atomic E-state index is -0.481. The van der Waals surface area contributed by atoms with Crippen LogP contribution in [0.25, 0.3) is 0 Å². The van der Waals surface area contributed by atoms with Gasteiger partial charge in [0.05, 0.1) is 26.0 Å². The van der Waals surface area contributed by atoms with Crippen molar-refractivity contribution in [1.29, 1.82) is 0 Å². The highest BCUT2D eigenvalue weighted by Gasteiger charge is 2.17. The van der Waals surface area contributed by atoms with E-state index in [-0.39, 0.29) is 24.5 Å². The van der Waals surface area contributed by atoms with E-state index < -0.39 is 11.8 Å². The van der Waals surface area contributed by atoms with Crippen molar-refractivity contribution in [2.75, 3.05) is 13.7 Å². The fourth-order valence-corrected chi connectivity index (χ4v) is 1.82. The highest BCUT2D eigenvalue weighted by atomic mass is 35.5. The van der Waals surface area contributed by atoms with Crippen molar-refractivity contribution >= 4 is 17.6 Å². The number of hydrogen-bond acceptors (Lipinski definition) is 3. The van der Waals surface area contributed by atoms with Crippen LogP contribution in [-0.4, -0.2) is 19.7 Å². The van der Waals surface area contributed by atoms with E-state index in [4.69, 9.17) is 21.1 Å². The van der Waals surface area contributed by atoms with E-state index in [0.29, 0.717) is 11.3 Å². The summed E-state index contributed by atoms with van der Waals surface area (Å²) in [5.41, 5.74) is 0.722. The first kappa shape index (κ1) is 13.8. The molecule has 1 aromatic carbocycles. The smallest absolute Gasteiger partial charge is 0.310 e. The first-order valence-electron chi connectivity index (χ1n) is 5.19. The van der Waals surface area contributed by atoms with E-state index in [1.54, 1.807) is 6.92 Å². The molecule has 0 aromatic heterocycles. The summed E-state index contributed by atoms with van der Waals surface area (Å²) in [6.45, 7) is 1.96. The summed E-state index contributed by atoms with van der Waals surface area (Å²) in [5.74, 6) is -0.406. The SMILES string of the molecule is CCOC(=O)Cc1c(F)ccc(OC)c1CCl. The van der Waals surface area contributed by atoms with Gasteiger partial charge in [0.1, 0.15) is 11.6 Å². The average Bonchev–Trinajstić information content (AvgIpc) is 2.31. The van der Waals surface area contributed by atoms with E-state index in [9.17, 15) is 9.18 Å². The molecule has 0 radical (unpaired) electrons. The Kier molecular flexibility index (Phi) is 5.22. The lowest BCUT2D eigenvalue weighted by Gasteiger charge is -2.12. The van der Waals surface area contributed by atoms with Crippen molar-refractivity contribution < 1.29 is 18.7 Å². The van der Waals surface area contributed by atoms with Crippen LogP contribution in [0.2, 0.25) is 0 Å². The summed E-state index contributed by atoms with van der Waals surface area (Å²) in [6, 6.07) is 2.74. The van der Waals surface area contributed by atoms with Crippen LogP contribution in [0.3, 0.4) is 0 Å². The first-order chi connectivity index (χ1) is 8.13. The second kappa shape index (κ2) is 6.45. The average molecular weight is 261 g/mol. The molecule has 0 fully saturated rings. The van der Waals surface area contributed by atoms with E-state index in [1.165, 1.54) is 19.2 Å². The Morgan fingerprint density at radius 1 is 1.41 bits per heavy atom. The fraction of sp³-hybridized carbons (Fsp3) is 0.417. The molecule has 17 heavy (non-hydrogen) atoms. The van der Waals surface area contributed by atoms with Gasteiger partial charge in [-0.2, -0.15) is 0 Å². The molecule has 0 spiro atoms. The number of hydrogen-bond donors (Lipinski definition) is 0. The van der Waals surface area contributed by atoms with Crippen LogP contribution in [0.15, 0.2) is 12.1 Å². The standard InChI is InChI=1S/C12H14ClFO3/c1-3-17-12(15)6-8-9(7-13)11(16-2)5-4-10(8)14/h4-5H,3,6-7H2,1-2H3. The molecule has 0 amide bonds. The van der Waals surface area contributed by atoms with Gasteiger partial charge in [0.25, 0.3) is 0 Å². The van der Waals surface area contributed by atoms with Crippen LogP contribution in [0.4, 0.5) is 4.39 Å². The van der Waals surface area contributed by atoms with Crippen LogP contribution < -0.4 is 4.74 Å². The number of halogens is 2. The van der Waals surface area contributed by atoms with Gasteiger partial charge >= 0.3 is 5.97 Å². The van der Waals surface area contributed by atoms with Crippen molar-refractivity contribution in [3.63, 3.8) is 0 Å². The Morgan fingerprint density at radius 2 is 2.12 bits per heavy atom. The lowest BCUT2D eigenvalue weighted by atomic mass is 10.0.